The van der Waals surface area contributed by atoms with Gasteiger partial charge in [0, 0.05) is 19.2 Å². The van der Waals surface area contributed by atoms with Gasteiger partial charge in [-0.15, -0.1) is 0 Å². The summed E-state index contributed by atoms with van der Waals surface area (Å²) in [7, 11) is 0. The van der Waals surface area contributed by atoms with Crippen molar-refractivity contribution in [1.82, 2.24) is 4.90 Å². The Bertz CT molecular complexity index is 346. The smallest absolute Gasteiger partial charge is 0.407 e. The highest BCUT2D eigenvalue weighted by Crippen LogP contribution is 2.36. The molecule has 1 saturated carbocycles. The van der Waals surface area contributed by atoms with Crippen LogP contribution in [0.3, 0.4) is 0 Å². The van der Waals surface area contributed by atoms with E-state index in [9.17, 15) is 9.90 Å². The van der Waals surface area contributed by atoms with Crippen LogP contribution in [0.1, 0.15) is 46.5 Å². The van der Waals surface area contributed by atoms with Crippen LogP contribution in [0.15, 0.2) is 0 Å². The van der Waals surface area contributed by atoms with Crippen LogP contribution >= 0.6 is 0 Å². The van der Waals surface area contributed by atoms with Gasteiger partial charge in [-0.2, -0.15) is 0 Å². The van der Waals surface area contributed by atoms with E-state index in [1.165, 1.54) is 0 Å². The number of hydrogen-bond acceptors (Lipinski definition) is 3. The number of rotatable bonds is 3. The SMILES string of the molecule is CC(C)(C)C1CC(OC2CC(CO)C2)CCN1C(=O)O. The molecule has 2 aliphatic rings. The molecule has 0 spiro atoms. The van der Waals surface area contributed by atoms with Gasteiger partial charge in [-0.25, -0.2) is 4.79 Å². The number of aliphatic hydroxyl groups excluding tert-OH is 1. The molecule has 1 aliphatic carbocycles. The van der Waals surface area contributed by atoms with E-state index in [0.717, 1.165) is 25.7 Å². The van der Waals surface area contributed by atoms with Gasteiger partial charge in [0.1, 0.15) is 0 Å². The van der Waals surface area contributed by atoms with E-state index in [4.69, 9.17) is 9.84 Å². The quantitative estimate of drug-likeness (QED) is 0.835. The molecular formula is C15H27NO4. The summed E-state index contributed by atoms with van der Waals surface area (Å²) in [4.78, 5) is 12.9. The number of piperidine rings is 1. The largest absolute Gasteiger partial charge is 0.465 e. The molecule has 0 bridgehead atoms. The average molecular weight is 285 g/mol. The minimum atomic E-state index is -0.827. The summed E-state index contributed by atoms with van der Waals surface area (Å²) < 4.78 is 6.08. The highest BCUT2D eigenvalue weighted by molar-refractivity contribution is 5.65. The van der Waals surface area contributed by atoms with E-state index in [-0.39, 0.29) is 30.3 Å². The maximum absolute atomic E-state index is 11.3. The summed E-state index contributed by atoms with van der Waals surface area (Å²) in [5, 5.41) is 18.3. The molecule has 1 heterocycles. The molecule has 0 aromatic carbocycles. The predicted molar refractivity (Wildman–Crippen MR) is 75.7 cm³/mol. The molecule has 20 heavy (non-hydrogen) atoms. The van der Waals surface area contributed by atoms with E-state index >= 15 is 0 Å². The number of carboxylic acid groups (broad SMARTS) is 1. The Morgan fingerprint density at radius 2 is 1.90 bits per heavy atom. The topological polar surface area (TPSA) is 70.0 Å². The number of nitrogens with zero attached hydrogens (tertiary/aromatic N) is 1. The number of likely N-dealkylation sites (tertiary alicyclic amines) is 1. The first-order chi connectivity index (χ1) is 9.31. The number of aliphatic hydroxyl groups is 1. The van der Waals surface area contributed by atoms with Crippen LogP contribution in [0.2, 0.25) is 0 Å². The lowest BCUT2D eigenvalue weighted by atomic mass is 9.79. The fraction of sp³-hybridized carbons (Fsp3) is 0.933. The van der Waals surface area contributed by atoms with Gasteiger partial charge < -0.3 is 19.8 Å². The van der Waals surface area contributed by atoms with Gasteiger partial charge in [0.25, 0.3) is 0 Å². The van der Waals surface area contributed by atoms with Crippen molar-refractivity contribution in [3.8, 4) is 0 Å². The second-order valence-corrected chi connectivity index (χ2v) is 7.28. The van der Waals surface area contributed by atoms with Crippen LogP contribution < -0.4 is 0 Å². The second-order valence-electron chi connectivity index (χ2n) is 7.28. The Balaban J connectivity index is 1.90. The van der Waals surface area contributed by atoms with Gasteiger partial charge >= 0.3 is 6.09 Å². The van der Waals surface area contributed by atoms with Crippen molar-refractivity contribution in [3.05, 3.63) is 0 Å². The van der Waals surface area contributed by atoms with Crippen molar-refractivity contribution in [2.45, 2.75) is 64.7 Å². The van der Waals surface area contributed by atoms with E-state index in [1.54, 1.807) is 4.90 Å². The van der Waals surface area contributed by atoms with Gasteiger partial charge in [-0.1, -0.05) is 20.8 Å². The van der Waals surface area contributed by atoms with Crippen molar-refractivity contribution < 1.29 is 19.7 Å². The molecule has 116 valence electrons. The molecule has 5 heteroatoms. The molecule has 0 radical (unpaired) electrons. The zero-order valence-corrected chi connectivity index (χ0v) is 12.7. The number of ether oxygens (including phenoxy) is 1. The van der Waals surface area contributed by atoms with E-state index in [0.29, 0.717) is 12.5 Å². The van der Waals surface area contributed by atoms with Crippen LogP contribution in [0.5, 0.6) is 0 Å². The fourth-order valence-corrected chi connectivity index (χ4v) is 3.31. The summed E-state index contributed by atoms with van der Waals surface area (Å²) in [6, 6.07) is 0.00691. The first-order valence-corrected chi connectivity index (χ1v) is 7.57. The third kappa shape index (κ3) is 3.44. The lowest BCUT2D eigenvalue weighted by molar-refractivity contribution is -0.114. The van der Waals surface area contributed by atoms with E-state index < -0.39 is 6.09 Å². The molecule has 2 rings (SSSR count). The van der Waals surface area contributed by atoms with Gasteiger partial charge in [0.2, 0.25) is 0 Å². The number of hydrogen-bond donors (Lipinski definition) is 2. The summed E-state index contributed by atoms with van der Waals surface area (Å²) >= 11 is 0. The maximum atomic E-state index is 11.3. The molecule has 2 N–H and O–H groups in total. The monoisotopic (exact) mass is 285 g/mol. The molecule has 2 atom stereocenters. The highest BCUT2D eigenvalue weighted by Gasteiger charge is 2.40. The van der Waals surface area contributed by atoms with Gasteiger partial charge in [-0.05, 0) is 37.0 Å². The highest BCUT2D eigenvalue weighted by atomic mass is 16.5. The Morgan fingerprint density at radius 3 is 2.40 bits per heavy atom. The zero-order valence-electron chi connectivity index (χ0n) is 12.7. The van der Waals surface area contributed by atoms with Crippen LogP contribution in [0, 0.1) is 11.3 Å². The summed E-state index contributed by atoms with van der Waals surface area (Å²) in [5.41, 5.74) is -0.0757. The third-order valence-electron chi connectivity index (χ3n) is 4.64. The van der Waals surface area contributed by atoms with Crippen LogP contribution in [-0.2, 0) is 4.74 Å². The van der Waals surface area contributed by atoms with Crippen LogP contribution in [0.4, 0.5) is 4.79 Å². The van der Waals surface area contributed by atoms with E-state index in [2.05, 4.69) is 20.8 Å². The van der Waals surface area contributed by atoms with Crippen LogP contribution in [0.25, 0.3) is 0 Å². The first kappa shape index (κ1) is 15.6. The molecule has 0 aromatic heterocycles. The molecule has 2 unspecified atom stereocenters. The standard InChI is InChI=1S/C15H27NO4/c1-15(2,3)13-8-11(4-5-16(13)14(18)19)20-12-6-10(7-12)9-17/h10-13,17H,4-9H2,1-3H3,(H,18,19). The molecule has 5 nitrogen and oxygen atoms in total. The lowest BCUT2D eigenvalue weighted by Gasteiger charge is -2.46. The summed E-state index contributed by atoms with van der Waals surface area (Å²) in [5.74, 6) is 0.400. The molecule has 1 aliphatic heterocycles. The zero-order chi connectivity index (χ0) is 14.9. The van der Waals surface area contributed by atoms with Gasteiger partial charge in [0.05, 0.1) is 12.2 Å². The van der Waals surface area contributed by atoms with Crippen molar-refractivity contribution >= 4 is 6.09 Å². The molecule has 1 saturated heterocycles. The Hall–Kier alpha value is -0.810. The second kappa shape index (κ2) is 5.90. The summed E-state index contributed by atoms with van der Waals surface area (Å²) in [6.45, 7) is 7.06. The summed E-state index contributed by atoms with van der Waals surface area (Å²) in [6.07, 6.45) is 3.02. The molecule has 1 amide bonds. The predicted octanol–water partition coefficient (Wildman–Crippen LogP) is 2.33. The third-order valence-corrected chi connectivity index (χ3v) is 4.64. The molecule has 0 aromatic rings. The van der Waals surface area contributed by atoms with Gasteiger partial charge in [0.15, 0.2) is 0 Å². The van der Waals surface area contributed by atoms with Crippen molar-refractivity contribution in [2.75, 3.05) is 13.2 Å². The van der Waals surface area contributed by atoms with Crippen molar-refractivity contribution in [2.24, 2.45) is 11.3 Å². The van der Waals surface area contributed by atoms with E-state index in [1.807, 2.05) is 0 Å². The Morgan fingerprint density at radius 1 is 1.25 bits per heavy atom. The van der Waals surface area contributed by atoms with Crippen molar-refractivity contribution in [1.29, 1.82) is 0 Å². The van der Waals surface area contributed by atoms with Gasteiger partial charge in [-0.3, -0.25) is 0 Å². The van der Waals surface area contributed by atoms with Crippen molar-refractivity contribution in [3.63, 3.8) is 0 Å². The Kier molecular flexibility index (Phi) is 4.59. The van der Waals surface area contributed by atoms with Crippen LogP contribution in [-0.4, -0.2) is 52.6 Å². The molecular weight excluding hydrogens is 258 g/mol. The maximum Gasteiger partial charge on any atom is 0.407 e. The molecule has 2 fully saturated rings. The first-order valence-electron chi connectivity index (χ1n) is 7.57. The number of carbonyl (C=O) groups is 1. The Labute approximate surface area is 120 Å². The number of amides is 1. The normalized spacial score (nSPS) is 34.7. The minimum Gasteiger partial charge on any atom is -0.465 e. The fourth-order valence-electron chi connectivity index (χ4n) is 3.31. The minimum absolute atomic E-state index is 0.00691. The average Bonchev–Trinajstić information content (AvgIpc) is 2.31. The lowest BCUT2D eigenvalue weighted by Crippen LogP contribution is -2.54.